The van der Waals surface area contributed by atoms with Crippen molar-refractivity contribution >= 4 is 11.6 Å². The number of aromatic nitrogens is 1. The van der Waals surface area contributed by atoms with E-state index in [-0.39, 0.29) is 17.7 Å². The maximum atomic E-state index is 12.8. The average molecular weight is 409 g/mol. The number of carbonyl (C=O) groups is 1. The van der Waals surface area contributed by atoms with Crippen LogP contribution >= 0.6 is 0 Å². The number of aliphatic hydroxyl groups excluding tert-OH is 1. The number of hydrogen-bond donors (Lipinski definition) is 1. The first kappa shape index (κ1) is 19.5. The van der Waals surface area contributed by atoms with Crippen LogP contribution in [0.3, 0.4) is 0 Å². The molecule has 1 aromatic carbocycles. The first-order valence-corrected chi connectivity index (χ1v) is 10.7. The second-order valence-corrected chi connectivity index (χ2v) is 8.59. The molecule has 2 aromatic rings. The number of benzene rings is 1. The number of β-amino-alcohol motifs (C(OH)–C–C–N with tert-alkyl or cyclic N) is 1. The van der Waals surface area contributed by atoms with Gasteiger partial charge in [-0.2, -0.15) is 0 Å². The van der Waals surface area contributed by atoms with E-state index >= 15 is 0 Å². The third kappa shape index (κ3) is 3.80. The minimum absolute atomic E-state index is 0.0972. The lowest BCUT2D eigenvalue weighted by molar-refractivity contribution is -0.149. The van der Waals surface area contributed by atoms with E-state index in [9.17, 15) is 9.90 Å². The summed E-state index contributed by atoms with van der Waals surface area (Å²) in [6.07, 6.45) is 4.63. The van der Waals surface area contributed by atoms with Gasteiger partial charge in [-0.15, -0.1) is 0 Å². The van der Waals surface area contributed by atoms with Gasteiger partial charge in [0.1, 0.15) is 6.23 Å². The van der Waals surface area contributed by atoms with Gasteiger partial charge in [0, 0.05) is 44.3 Å². The molecular weight excluding hydrogens is 380 g/mol. The Bertz CT molecular complexity index is 871. The highest BCUT2D eigenvalue weighted by Crippen LogP contribution is 2.38. The number of aliphatic hydroxyl groups is 1. The van der Waals surface area contributed by atoms with Crippen LogP contribution in [0.15, 0.2) is 54.9 Å². The monoisotopic (exact) mass is 408 g/mol. The van der Waals surface area contributed by atoms with Gasteiger partial charge in [-0.3, -0.25) is 14.7 Å². The number of carbonyl (C=O) groups excluding carboxylic acids is 1. The van der Waals surface area contributed by atoms with Crippen molar-refractivity contribution in [3.05, 3.63) is 60.4 Å². The molecule has 7 nitrogen and oxygen atoms in total. The molecule has 1 aromatic heterocycles. The van der Waals surface area contributed by atoms with Crippen molar-refractivity contribution in [1.82, 2.24) is 14.8 Å². The van der Waals surface area contributed by atoms with Crippen LogP contribution in [0.1, 0.15) is 24.5 Å². The second-order valence-electron chi connectivity index (χ2n) is 8.59. The quantitative estimate of drug-likeness (QED) is 0.830. The number of nitrogens with zero attached hydrogens (tertiary/aromatic N) is 4. The van der Waals surface area contributed by atoms with Crippen molar-refractivity contribution in [3.63, 3.8) is 0 Å². The Kier molecular flexibility index (Phi) is 5.18. The summed E-state index contributed by atoms with van der Waals surface area (Å²) >= 11 is 0. The average Bonchev–Trinajstić information content (AvgIpc) is 3.14. The standard InChI is InChI=1S/C23H28N4O3/c28-20(18-4-2-1-3-5-18)14-25-15-21(29)27-17-23(30-22(27)16-25)8-12-26(13-9-23)19-6-10-24-11-7-19/h1-7,10-11,20,22,28H,8-9,12-17H2. The molecule has 3 aliphatic heterocycles. The highest BCUT2D eigenvalue weighted by atomic mass is 16.5. The summed E-state index contributed by atoms with van der Waals surface area (Å²) in [5.41, 5.74) is 1.81. The molecule has 0 saturated carbocycles. The van der Waals surface area contributed by atoms with Crippen molar-refractivity contribution in [2.45, 2.75) is 30.8 Å². The predicted molar refractivity (Wildman–Crippen MR) is 113 cm³/mol. The minimum atomic E-state index is -0.607. The van der Waals surface area contributed by atoms with E-state index in [2.05, 4.69) is 9.88 Å². The van der Waals surface area contributed by atoms with Gasteiger partial charge in [0.15, 0.2) is 0 Å². The number of amides is 1. The van der Waals surface area contributed by atoms with Gasteiger partial charge < -0.3 is 19.6 Å². The number of ether oxygens (including phenoxy) is 1. The van der Waals surface area contributed by atoms with Gasteiger partial charge >= 0.3 is 0 Å². The van der Waals surface area contributed by atoms with Crippen LogP contribution in [-0.2, 0) is 9.53 Å². The fraction of sp³-hybridized carbons (Fsp3) is 0.478. The van der Waals surface area contributed by atoms with Crippen LogP contribution in [0.4, 0.5) is 5.69 Å². The topological polar surface area (TPSA) is 69.1 Å². The van der Waals surface area contributed by atoms with Crippen molar-refractivity contribution in [2.75, 3.05) is 44.2 Å². The van der Waals surface area contributed by atoms with Crippen LogP contribution in [0.5, 0.6) is 0 Å². The van der Waals surface area contributed by atoms with Crippen LogP contribution in [-0.4, -0.2) is 76.9 Å². The largest absolute Gasteiger partial charge is 0.387 e. The second kappa shape index (κ2) is 7.98. The Morgan fingerprint density at radius 1 is 1.13 bits per heavy atom. The number of piperazine rings is 1. The third-order valence-electron chi connectivity index (χ3n) is 6.60. The summed E-state index contributed by atoms with van der Waals surface area (Å²) in [7, 11) is 0. The Hall–Kier alpha value is -2.48. The molecule has 4 heterocycles. The SMILES string of the molecule is O=C1CN(CC(O)c2ccccc2)CC2OC3(CCN(c4ccncc4)CC3)CN12. The zero-order chi connectivity index (χ0) is 20.6. The maximum absolute atomic E-state index is 12.8. The highest BCUT2D eigenvalue weighted by molar-refractivity contribution is 5.79. The molecule has 1 spiro atoms. The summed E-state index contributed by atoms with van der Waals surface area (Å²) in [5, 5.41) is 10.6. The molecule has 7 heteroatoms. The van der Waals surface area contributed by atoms with Crippen LogP contribution < -0.4 is 4.90 Å². The van der Waals surface area contributed by atoms with Gasteiger partial charge in [0.25, 0.3) is 0 Å². The Labute approximate surface area is 176 Å². The number of rotatable bonds is 4. The van der Waals surface area contributed by atoms with Crippen molar-refractivity contribution < 1.29 is 14.6 Å². The Morgan fingerprint density at radius 2 is 1.87 bits per heavy atom. The van der Waals surface area contributed by atoms with Gasteiger partial charge in [-0.05, 0) is 30.5 Å². The van der Waals surface area contributed by atoms with E-state index in [1.807, 2.05) is 64.7 Å². The van der Waals surface area contributed by atoms with Crippen molar-refractivity contribution in [1.29, 1.82) is 0 Å². The molecule has 3 fully saturated rings. The normalized spacial score (nSPS) is 24.8. The molecule has 3 aliphatic rings. The molecule has 0 radical (unpaired) electrons. The van der Waals surface area contributed by atoms with E-state index in [0.29, 0.717) is 26.2 Å². The molecule has 158 valence electrons. The molecule has 1 N–H and O–H groups in total. The lowest BCUT2D eigenvalue weighted by Crippen LogP contribution is -2.54. The molecule has 1 amide bonds. The summed E-state index contributed by atoms with van der Waals surface area (Å²) in [4.78, 5) is 23.2. The number of piperidine rings is 1. The lowest BCUT2D eigenvalue weighted by atomic mass is 9.91. The molecule has 3 saturated heterocycles. The van der Waals surface area contributed by atoms with Crippen LogP contribution in [0, 0.1) is 0 Å². The number of fused-ring (bicyclic) bond motifs is 1. The third-order valence-corrected chi connectivity index (χ3v) is 6.60. The first-order chi connectivity index (χ1) is 14.6. The number of hydrogen-bond acceptors (Lipinski definition) is 6. The molecule has 2 unspecified atom stereocenters. The number of anilines is 1. The van der Waals surface area contributed by atoms with Crippen LogP contribution in [0.2, 0.25) is 0 Å². The van der Waals surface area contributed by atoms with Gasteiger partial charge in [-0.1, -0.05) is 30.3 Å². The van der Waals surface area contributed by atoms with Gasteiger partial charge in [0.05, 0.1) is 24.8 Å². The minimum Gasteiger partial charge on any atom is -0.387 e. The van der Waals surface area contributed by atoms with Crippen molar-refractivity contribution in [2.24, 2.45) is 0 Å². The van der Waals surface area contributed by atoms with Gasteiger partial charge in [-0.25, -0.2) is 0 Å². The molecular formula is C23H28N4O3. The van der Waals surface area contributed by atoms with Gasteiger partial charge in [0.2, 0.25) is 5.91 Å². The maximum Gasteiger partial charge on any atom is 0.238 e. The van der Waals surface area contributed by atoms with E-state index in [4.69, 9.17) is 4.74 Å². The summed E-state index contributed by atoms with van der Waals surface area (Å²) < 4.78 is 6.51. The van der Waals surface area contributed by atoms with E-state index in [0.717, 1.165) is 31.5 Å². The molecule has 30 heavy (non-hydrogen) atoms. The molecule has 0 bridgehead atoms. The summed E-state index contributed by atoms with van der Waals surface area (Å²) in [6.45, 7) is 3.92. The van der Waals surface area contributed by atoms with Crippen molar-refractivity contribution in [3.8, 4) is 0 Å². The first-order valence-electron chi connectivity index (χ1n) is 10.7. The van der Waals surface area contributed by atoms with E-state index in [1.165, 1.54) is 5.69 Å². The fourth-order valence-electron chi connectivity index (χ4n) is 4.92. The summed E-state index contributed by atoms with van der Waals surface area (Å²) in [5.74, 6) is 0.0972. The van der Waals surface area contributed by atoms with Crippen LogP contribution in [0.25, 0.3) is 0 Å². The smallest absolute Gasteiger partial charge is 0.238 e. The molecule has 0 aliphatic carbocycles. The molecule has 5 rings (SSSR count). The Balaban J connectivity index is 1.21. The fourth-order valence-corrected chi connectivity index (χ4v) is 4.92. The Morgan fingerprint density at radius 3 is 2.60 bits per heavy atom. The number of pyridine rings is 1. The van der Waals surface area contributed by atoms with E-state index in [1.54, 1.807) is 0 Å². The van der Waals surface area contributed by atoms with E-state index < -0.39 is 6.10 Å². The zero-order valence-corrected chi connectivity index (χ0v) is 17.1. The zero-order valence-electron chi connectivity index (χ0n) is 17.1. The lowest BCUT2D eigenvalue weighted by Gasteiger charge is -2.39. The highest BCUT2D eigenvalue weighted by Gasteiger charge is 2.50. The summed E-state index contributed by atoms with van der Waals surface area (Å²) in [6, 6.07) is 13.7. The molecule has 2 atom stereocenters. The predicted octanol–water partition coefficient (Wildman–Crippen LogP) is 1.65.